The SMILES string of the molecule is Cc1cc(C(F)(F)F)cnc1OC1CCC2(CC1)CN(C(=O)[C@H]1C[C@@](C)(O)C1)C2. The molecule has 1 aromatic rings. The monoisotopic (exact) mass is 412 g/mol. The van der Waals surface area contributed by atoms with Gasteiger partial charge in [0.05, 0.1) is 11.2 Å². The van der Waals surface area contributed by atoms with Gasteiger partial charge in [0.2, 0.25) is 11.8 Å². The standard InChI is InChI=1S/C21H27F3N2O3/c1-13-7-15(21(22,23)24)10-25-17(13)29-16-3-5-20(6-4-16)11-26(12-20)18(27)14-8-19(2,28)9-14/h7,10,14,16,28H,3-6,8-9,11-12H2,1-2H3/t14-,19+. The number of pyridine rings is 1. The average molecular weight is 412 g/mol. The lowest BCUT2D eigenvalue weighted by Gasteiger charge is -2.55. The molecule has 1 spiro atoms. The lowest BCUT2D eigenvalue weighted by molar-refractivity contribution is -0.164. The summed E-state index contributed by atoms with van der Waals surface area (Å²) >= 11 is 0. The number of carbonyl (C=O) groups excluding carboxylic acids is 1. The van der Waals surface area contributed by atoms with Gasteiger partial charge in [-0.2, -0.15) is 13.2 Å². The number of rotatable bonds is 3. The van der Waals surface area contributed by atoms with Gasteiger partial charge in [-0.1, -0.05) is 0 Å². The molecule has 0 radical (unpaired) electrons. The van der Waals surface area contributed by atoms with Crippen molar-refractivity contribution in [2.24, 2.45) is 11.3 Å². The maximum atomic E-state index is 12.8. The summed E-state index contributed by atoms with van der Waals surface area (Å²) < 4.78 is 44.2. The first-order valence-electron chi connectivity index (χ1n) is 10.2. The lowest BCUT2D eigenvalue weighted by atomic mass is 9.66. The largest absolute Gasteiger partial charge is 0.474 e. The summed E-state index contributed by atoms with van der Waals surface area (Å²) in [6.45, 7) is 4.86. The van der Waals surface area contributed by atoms with E-state index in [-0.39, 0.29) is 29.2 Å². The zero-order chi connectivity index (χ0) is 21.0. The van der Waals surface area contributed by atoms with Crippen molar-refractivity contribution in [1.29, 1.82) is 0 Å². The third-order valence-corrected chi connectivity index (χ3v) is 6.71. The number of aliphatic hydroxyl groups is 1. The van der Waals surface area contributed by atoms with Crippen LogP contribution in [0, 0.1) is 18.3 Å². The zero-order valence-electron chi connectivity index (χ0n) is 16.8. The van der Waals surface area contributed by atoms with E-state index >= 15 is 0 Å². The van der Waals surface area contributed by atoms with Crippen molar-refractivity contribution in [3.8, 4) is 5.88 Å². The Balaban J connectivity index is 1.26. The number of halogens is 3. The molecule has 8 heteroatoms. The highest BCUT2D eigenvalue weighted by atomic mass is 19.4. The van der Waals surface area contributed by atoms with Crippen LogP contribution in [0.2, 0.25) is 0 Å². The number of amides is 1. The minimum Gasteiger partial charge on any atom is -0.474 e. The molecule has 5 nitrogen and oxygen atoms in total. The average Bonchev–Trinajstić information content (AvgIpc) is 2.58. The molecule has 2 aliphatic carbocycles. The molecule has 1 amide bonds. The number of aromatic nitrogens is 1. The smallest absolute Gasteiger partial charge is 0.417 e. The van der Waals surface area contributed by atoms with Gasteiger partial charge in [0.1, 0.15) is 6.10 Å². The van der Waals surface area contributed by atoms with Gasteiger partial charge in [-0.3, -0.25) is 4.79 Å². The van der Waals surface area contributed by atoms with Crippen molar-refractivity contribution in [2.45, 2.75) is 70.3 Å². The first-order chi connectivity index (χ1) is 13.5. The van der Waals surface area contributed by atoms with Gasteiger partial charge in [0.25, 0.3) is 0 Å². The van der Waals surface area contributed by atoms with Crippen LogP contribution >= 0.6 is 0 Å². The molecule has 0 aromatic carbocycles. The highest BCUT2D eigenvalue weighted by molar-refractivity contribution is 5.81. The Labute approximate surface area is 168 Å². The van der Waals surface area contributed by atoms with Gasteiger partial charge >= 0.3 is 6.18 Å². The third-order valence-electron chi connectivity index (χ3n) is 6.71. The summed E-state index contributed by atoms with van der Waals surface area (Å²) in [5.41, 5.74) is -0.929. The Morgan fingerprint density at radius 2 is 1.90 bits per heavy atom. The van der Waals surface area contributed by atoms with Crippen LogP contribution < -0.4 is 4.74 Å². The van der Waals surface area contributed by atoms with E-state index in [0.717, 1.165) is 51.0 Å². The molecule has 2 heterocycles. The minimum atomic E-state index is -4.41. The quantitative estimate of drug-likeness (QED) is 0.822. The van der Waals surface area contributed by atoms with E-state index in [1.54, 1.807) is 13.8 Å². The zero-order valence-corrected chi connectivity index (χ0v) is 16.8. The van der Waals surface area contributed by atoms with Crippen LogP contribution in [0.25, 0.3) is 0 Å². The molecule has 0 unspecified atom stereocenters. The number of aryl methyl sites for hydroxylation is 1. The number of nitrogens with zero attached hydrogens (tertiary/aromatic N) is 2. The molecule has 1 N–H and O–H groups in total. The van der Waals surface area contributed by atoms with Gasteiger partial charge < -0.3 is 14.7 Å². The second-order valence-corrected chi connectivity index (χ2v) is 9.46. The Bertz CT molecular complexity index is 785. The summed E-state index contributed by atoms with van der Waals surface area (Å²) in [6, 6.07) is 1.07. The van der Waals surface area contributed by atoms with E-state index in [1.165, 1.54) is 0 Å². The van der Waals surface area contributed by atoms with Crippen molar-refractivity contribution < 1.29 is 27.8 Å². The number of ether oxygens (including phenoxy) is 1. The van der Waals surface area contributed by atoms with Crippen molar-refractivity contribution >= 4 is 5.91 Å². The molecular weight excluding hydrogens is 385 g/mol. The summed E-state index contributed by atoms with van der Waals surface area (Å²) in [6.07, 6.45) is 0.929. The molecular formula is C21H27F3N2O3. The van der Waals surface area contributed by atoms with Gasteiger partial charge in [-0.25, -0.2) is 4.98 Å². The molecule has 3 aliphatic rings. The molecule has 29 heavy (non-hydrogen) atoms. The van der Waals surface area contributed by atoms with E-state index in [0.29, 0.717) is 18.4 Å². The molecule has 1 aromatic heterocycles. The fourth-order valence-electron chi connectivity index (χ4n) is 4.99. The Kier molecular flexibility index (Phi) is 4.83. The second kappa shape index (κ2) is 6.86. The number of hydrogen-bond donors (Lipinski definition) is 1. The molecule has 4 rings (SSSR count). The van der Waals surface area contributed by atoms with Crippen LogP contribution in [0.5, 0.6) is 5.88 Å². The number of carbonyl (C=O) groups is 1. The number of hydrogen-bond acceptors (Lipinski definition) is 4. The Morgan fingerprint density at radius 1 is 1.28 bits per heavy atom. The minimum absolute atomic E-state index is 0.0456. The first kappa shape index (κ1) is 20.4. The third kappa shape index (κ3) is 4.09. The summed E-state index contributed by atoms with van der Waals surface area (Å²) in [5.74, 6) is 0.377. The van der Waals surface area contributed by atoms with E-state index in [2.05, 4.69) is 4.98 Å². The number of alkyl halides is 3. The fraction of sp³-hybridized carbons (Fsp3) is 0.714. The molecule has 160 valence electrons. The van der Waals surface area contributed by atoms with Gasteiger partial charge in [-0.15, -0.1) is 0 Å². The van der Waals surface area contributed by atoms with Crippen LogP contribution in [0.4, 0.5) is 13.2 Å². The van der Waals surface area contributed by atoms with E-state index in [1.807, 2.05) is 4.90 Å². The van der Waals surface area contributed by atoms with Gasteiger partial charge in [0, 0.05) is 36.2 Å². The van der Waals surface area contributed by atoms with Crippen LogP contribution in [-0.2, 0) is 11.0 Å². The Hall–Kier alpha value is -1.83. The normalized spacial score (nSPS) is 29.3. The van der Waals surface area contributed by atoms with Crippen molar-refractivity contribution in [1.82, 2.24) is 9.88 Å². The van der Waals surface area contributed by atoms with Crippen LogP contribution in [0.3, 0.4) is 0 Å². The lowest BCUT2D eigenvalue weighted by Crippen LogP contribution is -2.63. The van der Waals surface area contributed by atoms with Crippen molar-refractivity contribution in [3.05, 3.63) is 23.4 Å². The fourth-order valence-corrected chi connectivity index (χ4v) is 4.99. The molecule has 0 atom stereocenters. The highest BCUT2D eigenvalue weighted by Gasteiger charge is 2.51. The predicted octanol–water partition coefficient (Wildman–Crippen LogP) is 3.72. The van der Waals surface area contributed by atoms with E-state index in [9.17, 15) is 23.1 Å². The van der Waals surface area contributed by atoms with Crippen molar-refractivity contribution in [2.75, 3.05) is 13.1 Å². The molecule has 3 fully saturated rings. The van der Waals surface area contributed by atoms with Crippen molar-refractivity contribution in [3.63, 3.8) is 0 Å². The Morgan fingerprint density at radius 3 is 2.41 bits per heavy atom. The van der Waals surface area contributed by atoms with Crippen LogP contribution in [0.15, 0.2) is 12.3 Å². The predicted molar refractivity (Wildman–Crippen MR) is 99.2 cm³/mol. The molecule has 1 aliphatic heterocycles. The number of likely N-dealkylation sites (tertiary alicyclic amines) is 1. The second-order valence-electron chi connectivity index (χ2n) is 9.46. The maximum absolute atomic E-state index is 12.8. The van der Waals surface area contributed by atoms with Gasteiger partial charge in [-0.05, 0) is 58.4 Å². The van der Waals surface area contributed by atoms with E-state index < -0.39 is 17.3 Å². The summed E-state index contributed by atoms with van der Waals surface area (Å²) in [7, 11) is 0. The van der Waals surface area contributed by atoms with Crippen LogP contribution in [0.1, 0.15) is 56.6 Å². The highest BCUT2D eigenvalue weighted by Crippen LogP contribution is 2.47. The summed E-state index contributed by atoms with van der Waals surface area (Å²) in [5, 5.41) is 9.83. The first-order valence-corrected chi connectivity index (χ1v) is 10.2. The molecule has 1 saturated heterocycles. The topological polar surface area (TPSA) is 62.7 Å². The summed E-state index contributed by atoms with van der Waals surface area (Å²) in [4.78, 5) is 18.2. The van der Waals surface area contributed by atoms with Crippen LogP contribution in [-0.4, -0.2) is 45.7 Å². The molecule has 0 bridgehead atoms. The maximum Gasteiger partial charge on any atom is 0.417 e. The molecule has 2 saturated carbocycles. The van der Waals surface area contributed by atoms with Gasteiger partial charge in [0.15, 0.2) is 0 Å². The van der Waals surface area contributed by atoms with E-state index in [4.69, 9.17) is 4.74 Å².